The molecular weight excluding hydrogens is 398 g/mol. The van der Waals surface area contributed by atoms with Crippen LogP contribution in [0.4, 0.5) is 20.2 Å². The number of nitrogens with zero attached hydrogens (tertiary/aromatic N) is 5. The van der Waals surface area contributed by atoms with Gasteiger partial charge in [0.1, 0.15) is 23.0 Å². The van der Waals surface area contributed by atoms with Crippen LogP contribution in [0.25, 0.3) is 28.2 Å². The van der Waals surface area contributed by atoms with E-state index in [1.54, 1.807) is 53.6 Å². The zero-order valence-electron chi connectivity index (χ0n) is 16.8. The van der Waals surface area contributed by atoms with Gasteiger partial charge in [0.15, 0.2) is 5.65 Å². The number of nitrogens with one attached hydrogen (secondary N) is 1. The largest absolute Gasteiger partial charge is 0.354 e. The zero-order chi connectivity index (χ0) is 21.5. The van der Waals surface area contributed by atoms with Gasteiger partial charge in [0.25, 0.3) is 0 Å². The first-order valence-electron chi connectivity index (χ1n) is 9.64. The summed E-state index contributed by atoms with van der Waals surface area (Å²) in [5.74, 6) is -0.0196. The van der Waals surface area contributed by atoms with Crippen molar-refractivity contribution in [2.24, 2.45) is 7.05 Å². The van der Waals surface area contributed by atoms with Crippen molar-refractivity contribution < 1.29 is 8.78 Å². The van der Waals surface area contributed by atoms with E-state index in [1.807, 2.05) is 18.5 Å². The summed E-state index contributed by atoms with van der Waals surface area (Å²) >= 11 is 0. The number of benzene rings is 2. The quantitative estimate of drug-likeness (QED) is 0.440. The predicted molar refractivity (Wildman–Crippen MR) is 115 cm³/mol. The van der Waals surface area contributed by atoms with Crippen LogP contribution in [0.1, 0.15) is 5.69 Å². The number of rotatable bonds is 4. The van der Waals surface area contributed by atoms with Crippen LogP contribution in [0.15, 0.2) is 67.3 Å². The summed E-state index contributed by atoms with van der Waals surface area (Å²) in [6.45, 7) is 1.85. The molecule has 6 nitrogen and oxygen atoms in total. The van der Waals surface area contributed by atoms with Crippen molar-refractivity contribution in [3.8, 4) is 17.1 Å². The lowest BCUT2D eigenvalue weighted by atomic mass is 10.2. The second-order valence-electron chi connectivity index (χ2n) is 7.25. The Kier molecular flexibility index (Phi) is 4.47. The Hall–Kier alpha value is -4.07. The molecule has 8 heteroatoms. The van der Waals surface area contributed by atoms with Gasteiger partial charge >= 0.3 is 0 Å². The smallest absolute Gasteiger partial charge is 0.162 e. The Morgan fingerprint density at radius 1 is 0.968 bits per heavy atom. The van der Waals surface area contributed by atoms with Gasteiger partial charge in [-0.05, 0) is 55.5 Å². The summed E-state index contributed by atoms with van der Waals surface area (Å²) in [5.41, 5.74) is 4.59. The molecule has 0 spiro atoms. The molecule has 0 saturated heterocycles. The zero-order valence-corrected chi connectivity index (χ0v) is 16.8. The number of aryl methyl sites for hydroxylation is 2. The van der Waals surface area contributed by atoms with E-state index in [2.05, 4.69) is 15.3 Å². The summed E-state index contributed by atoms with van der Waals surface area (Å²) in [5, 5.41) is 3.23. The average Bonchev–Trinajstić information content (AvgIpc) is 3.33. The minimum atomic E-state index is -0.374. The van der Waals surface area contributed by atoms with Gasteiger partial charge in [0.2, 0.25) is 0 Å². The van der Waals surface area contributed by atoms with Crippen LogP contribution in [0.5, 0.6) is 0 Å². The van der Waals surface area contributed by atoms with Crippen LogP contribution in [0.2, 0.25) is 0 Å². The van der Waals surface area contributed by atoms with Crippen molar-refractivity contribution in [3.05, 3.63) is 84.6 Å². The van der Waals surface area contributed by atoms with E-state index in [0.717, 1.165) is 11.3 Å². The standard InChI is InChI=1S/C23H18F2N6/c1-14-12-31(13-27-14)20-8-7-17(11-18(20)25)28-19-9-10-26-23-21(19)29-22(30(23)2)15-3-5-16(24)6-4-15/h3-13H,1-2H3,(H,26,28). The lowest BCUT2D eigenvalue weighted by Crippen LogP contribution is -1.98. The van der Waals surface area contributed by atoms with Crippen molar-refractivity contribution in [3.63, 3.8) is 0 Å². The fourth-order valence-electron chi connectivity index (χ4n) is 3.54. The molecule has 1 N–H and O–H groups in total. The van der Waals surface area contributed by atoms with E-state index >= 15 is 0 Å². The van der Waals surface area contributed by atoms with Crippen molar-refractivity contribution in [2.45, 2.75) is 6.92 Å². The molecule has 31 heavy (non-hydrogen) atoms. The highest BCUT2D eigenvalue weighted by Gasteiger charge is 2.15. The first-order valence-corrected chi connectivity index (χ1v) is 9.64. The Bertz CT molecular complexity index is 1400. The molecule has 0 bridgehead atoms. The number of fused-ring (bicyclic) bond motifs is 1. The van der Waals surface area contributed by atoms with Crippen LogP contribution in [-0.2, 0) is 7.05 Å². The van der Waals surface area contributed by atoms with Gasteiger partial charge in [-0.1, -0.05) is 0 Å². The monoisotopic (exact) mass is 416 g/mol. The van der Waals surface area contributed by atoms with Crippen LogP contribution in [0, 0.1) is 18.6 Å². The Morgan fingerprint density at radius 3 is 2.48 bits per heavy atom. The maximum Gasteiger partial charge on any atom is 0.162 e. The molecule has 5 rings (SSSR count). The summed E-state index contributed by atoms with van der Waals surface area (Å²) < 4.78 is 31.5. The number of imidazole rings is 2. The summed E-state index contributed by atoms with van der Waals surface area (Å²) in [4.78, 5) is 13.3. The van der Waals surface area contributed by atoms with E-state index < -0.39 is 0 Å². The van der Waals surface area contributed by atoms with Gasteiger partial charge in [-0.25, -0.2) is 23.7 Å². The van der Waals surface area contributed by atoms with Crippen LogP contribution in [0.3, 0.4) is 0 Å². The van der Waals surface area contributed by atoms with Crippen molar-refractivity contribution in [2.75, 3.05) is 5.32 Å². The molecular formula is C23H18F2N6. The maximum atomic E-state index is 14.7. The third-order valence-corrected chi connectivity index (χ3v) is 5.08. The average molecular weight is 416 g/mol. The number of anilines is 2. The lowest BCUT2D eigenvalue weighted by molar-refractivity contribution is 0.618. The second-order valence-corrected chi connectivity index (χ2v) is 7.25. The van der Waals surface area contributed by atoms with Gasteiger partial charge in [-0.3, -0.25) is 0 Å². The van der Waals surface area contributed by atoms with E-state index in [4.69, 9.17) is 4.98 Å². The Labute approximate surface area is 176 Å². The van der Waals surface area contributed by atoms with E-state index in [9.17, 15) is 8.78 Å². The molecule has 0 saturated carbocycles. The molecule has 0 radical (unpaired) electrons. The van der Waals surface area contributed by atoms with Crippen molar-refractivity contribution >= 4 is 22.5 Å². The van der Waals surface area contributed by atoms with Crippen LogP contribution < -0.4 is 5.32 Å². The minimum absolute atomic E-state index is 0.306. The number of pyridine rings is 1. The van der Waals surface area contributed by atoms with Gasteiger partial charge in [-0.15, -0.1) is 0 Å². The normalized spacial score (nSPS) is 11.2. The molecule has 5 aromatic rings. The SMILES string of the molecule is Cc1cn(-c2ccc(Nc3ccnc4c3nc(-c3ccc(F)cc3)n4C)cc2F)cn1. The highest BCUT2D eigenvalue weighted by Crippen LogP contribution is 2.29. The fraction of sp³-hybridized carbons (Fsp3) is 0.0870. The Balaban J connectivity index is 1.51. The molecule has 0 unspecified atom stereocenters. The van der Waals surface area contributed by atoms with Crippen LogP contribution >= 0.6 is 0 Å². The van der Waals surface area contributed by atoms with E-state index in [1.165, 1.54) is 18.2 Å². The first-order chi connectivity index (χ1) is 15.0. The van der Waals surface area contributed by atoms with Crippen molar-refractivity contribution in [1.82, 2.24) is 24.1 Å². The van der Waals surface area contributed by atoms with Gasteiger partial charge in [-0.2, -0.15) is 0 Å². The Morgan fingerprint density at radius 2 is 1.77 bits per heavy atom. The molecule has 0 amide bonds. The summed E-state index contributed by atoms with van der Waals surface area (Å²) in [6, 6.07) is 12.9. The summed E-state index contributed by atoms with van der Waals surface area (Å²) in [6.07, 6.45) is 5.01. The highest BCUT2D eigenvalue weighted by molar-refractivity contribution is 5.90. The van der Waals surface area contributed by atoms with E-state index in [-0.39, 0.29) is 11.6 Å². The fourth-order valence-corrected chi connectivity index (χ4v) is 3.54. The maximum absolute atomic E-state index is 14.7. The molecule has 2 aromatic carbocycles. The molecule has 0 atom stereocenters. The third kappa shape index (κ3) is 3.42. The second kappa shape index (κ2) is 7.32. The molecule has 0 aliphatic rings. The van der Waals surface area contributed by atoms with Crippen molar-refractivity contribution in [1.29, 1.82) is 0 Å². The number of halogens is 2. The molecule has 0 aliphatic heterocycles. The first kappa shape index (κ1) is 18.9. The number of aromatic nitrogens is 5. The highest BCUT2D eigenvalue weighted by atomic mass is 19.1. The predicted octanol–water partition coefficient (Wildman–Crippen LogP) is 5.15. The number of hydrogen-bond donors (Lipinski definition) is 1. The van der Waals surface area contributed by atoms with E-state index in [0.29, 0.717) is 34.1 Å². The van der Waals surface area contributed by atoms with Crippen LogP contribution in [-0.4, -0.2) is 24.1 Å². The lowest BCUT2D eigenvalue weighted by Gasteiger charge is -2.10. The summed E-state index contributed by atoms with van der Waals surface area (Å²) in [7, 11) is 1.85. The number of hydrogen-bond acceptors (Lipinski definition) is 4. The van der Waals surface area contributed by atoms with Gasteiger partial charge in [0, 0.05) is 30.7 Å². The van der Waals surface area contributed by atoms with Gasteiger partial charge in [0.05, 0.1) is 23.4 Å². The molecule has 154 valence electrons. The topological polar surface area (TPSA) is 60.6 Å². The molecule has 0 fully saturated rings. The minimum Gasteiger partial charge on any atom is -0.354 e. The third-order valence-electron chi connectivity index (χ3n) is 5.08. The molecule has 3 heterocycles. The molecule has 3 aromatic heterocycles. The molecule has 0 aliphatic carbocycles. The van der Waals surface area contributed by atoms with Gasteiger partial charge < -0.3 is 14.5 Å².